The summed E-state index contributed by atoms with van der Waals surface area (Å²) in [5, 5.41) is 6.63. The molecule has 1 saturated heterocycles. The Morgan fingerprint density at radius 2 is 2.35 bits per heavy atom. The summed E-state index contributed by atoms with van der Waals surface area (Å²) in [7, 11) is 0. The topological polar surface area (TPSA) is 53.6 Å². The Morgan fingerprint density at radius 1 is 1.50 bits per heavy atom. The molecular weight excluding hydrogens is 274 g/mol. The second-order valence-corrected chi connectivity index (χ2v) is 5.36. The molecule has 0 aliphatic carbocycles. The molecule has 1 fully saturated rings. The molecule has 1 atom stereocenters. The Kier molecular flexibility index (Phi) is 3.84. The Labute approximate surface area is 123 Å². The standard InChI is InChI=1S/C14H17N3O2S/c18-13-9-17(12-6-2-1-5-11(12)16-13)14(20)15-8-10-4-3-7-19-10/h1-2,5-6,10H,3-4,7-9H2,(H,15,20)(H,16,18)/t10-/m1/s1. The maximum Gasteiger partial charge on any atom is 0.244 e. The molecule has 0 spiro atoms. The van der Waals surface area contributed by atoms with Gasteiger partial charge in [0.2, 0.25) is 5.91 Å². The maximum absolute atomic E-state index is 11.7. The van der Waals surface area contributed by atoms with Crippen molar-refractivity contribution >= 4 is 34.6 Å². The van der Waals surface area contributed by atoms with Crippen molar-refractivity contribution in [3.63, 3.8) is 0 Å². The minimum atomic E-state index is -0.0510. The van der Waals surface area contributed by atoms with Crippen LogP contribution in [-0.2, 0) is 9.53 Å². The quantitative estimate of drug-likeness (QED) is 0.809. The molecule has 2 heterocycles. The number of para-hydroxylation sites is 2. The van der Waals surface area contributed by atoms with E-state index in [1.54, 1.807) is 0 Å². The van der Waals surface area contributed by atoms with E-state index >= 15 is 0 Å². The lowest BCUT2D eigenvalue weighted by Gasteiger charge is -2.31. The first-order chi connectivity index (χ1) is 9.74. The number of rotatable bonds is 2. The summed E-state index contributed by atoms with van der Waals surface area (Å²) in [5.74, 6) is -0.0510. The van der Waals surface area contributed by atoms with Crippen molar-refractivity contribution in [1.29, 1.82) is 0 Å². The van der Waals surface area contributed by atoms with Gasteiger partial charge >= 0.3 is 0 Å². The van der Waals surface area contributed by atoms with Crippen molar-refractivity contribution in [2.24, 2.45) is 0 Å². The van der Waals surface area contributed by atoms with E-state index in [1.165, 1.54) is 0 Å². The van der Waals surface area contributed by atoms with Gasteiger partial charge in [-0.15, -0.1) is 0 Å². The van der Waals surface area contributed by atoms with Gasteiger partial charge in [-0.05, 0) is 37.2 Å². The lowest BCUT2D eigenvalue weighted by molar-refractivity contribution is -0.115. The second kappa shape index (κ2) is 5.76. The van der Waals surface area contributed by atoms with Crippen LogP contribution in [0.2, 0.25) is 0 Å². The molecule has 6 heteroatoms. The average Bonchev–Trinajstić information content (AvgIpc) is 2.97. The minimum Gasteiger partial charge on any atom is -0.376 e. The zero-order valence-electron chi connectivity index (χ0n) is 11.1. The van der Waals surface area contributed by atoms with Crippen LogP contribution in [0.1, 0.15) is 12.8 Å². The number of amides is 1. The highest BCUT2D eigenvalue weighted by Crippen LogP contribution is 2.28. The molecule has 2 aliphatic rings. The molecule has 2 aliphatic heterocycles. The third kappa shape index (κ3) is 2.76. The van der Waals surface area contributed by atoms with Gasteiger partial charge in [-0.3, -0.25) is 4.79 Å². The van der Waals surface area contributed by atoms with E-state index in [2.05, 4.69) is 10.6 Å². The molecule has 0 bridgehead atoms. The van der Waals surface area contributed by atoms with Crippen molar-refractivity contribution in [1.82, 2.24) is 5.32 Å². The third-order valence-corrected chi connectivity index (χ3v) is 3.89. The second-order valence-electron chi connectivity index (χ2n) is 4.97. The van der Waals surface area contributed by atoms with Crippen LogP contribution in [0.4, 0.5) is 11.4 Å². The van der Waals surface area contributed by atoms with E-state index in [0.29, 0.717) is 11.7 Å². The van der Waals surface area contributed by atoms with E-state index in [1.807, 2.05) is 29.2 Å². The van der Waals surface area contributed by atoms with E-state index in [4.69, 9.17) is 17.0 Å². The lowest BCUT2D eigenvalue weighted by atomic mass is 10.2. The lowest BCUT2D eigenvalue weighted by Crippen LogP contribution is -2.48. The van der Waals surface area contributed by atoms with Gasteiger partial charge in [0.1, 0.15) is 6.54 Å². The van der Waals surface area contributed by atoms with Crippen LogP contribution < -0.4 is 15.5 Å². The Balaban J connectivity index is 1.69. The summed E-state index contributed by atoms with van der Waals surface area (Å²) in [5.41, 5.74) is 1.72. The molecular formula is C14H17N3O2S. The van der Waals surface area contributed by atoms with E-state index in [0.717, 1.165) is 30.8 Å². The minimum absolute atomic E-state index is 0.0510. The first kappa shape index (κ1) is 13.3. The molecule has 1 aromatic carbocycles. The first-order valence-corrected chi connectivity index (χ1v) is 7.21. The third-order valence-electron chi connectivity index (χ3n) is 3.52. The number of carbonyl (C=O) groups excluding carboxylic acids is 1. The van der Waals surface area contributed by atoms with Crippen molar-refractivity contribution in [2.75, 3.05) is 29.9 Å². The van der Waals surface area contributed by atoms with E-state index in [9.17, 15) is 4.79 Å². The molecule has 3 rings (SSSR count). The molecule has 20 heavy (non-hydrogen) atoms. The molecule has 2 N–H and O–H groups in total. The SMILES string of the molecule is O=C1CN(C(=S)NC[C@H]2CCCO2)c2ccccc2N1. The predicted octanol–water partition coefficient (Wildman–Crippen LogP) is 1.50. The highest BCUT2D eigenvalue weighted by molar-refractivity contribution is 7.80. The van der Waals surface area contributed by atoms with Gasteiger partial charge in [0, 0.05) is 13.2 Å². The van der Waals surface area contributed by atoms with Crippen LogP contribution in [0.25, 0.3) is 0 Å². The van der Waals surface area contributed by atoms with E-state index < -0.39 is 0 Å². The molecule has 0 unspecified atom stereocenters. The van der Waals surface area contributed by atoms with Gasteiger partial charge in [0.05, 0.1) is 17.5 Å². The highest BCUT2D eigenvalue weighted by atomic mass is 32.1. The highest BCUT2D eigenvalue weighted by Gasteiger charge is 2.25. The molecule has 106 valence electrons. The zero-order chi connectivity index (χ0) is 13.9. The Hall–Kier alpha value is -1.66. The Morgan fingerprint density at radius 3 is 3.15 bits per heavy atom. The number of thiocarbonyl (C=S) groups is 1. The number of benzene rings is 1. The summed E-state index contributed by atoms with van der Waals surface area (Å²) in [6.07, 6.45) is 2.39. The zero-order valence-corrected chi connectivity index (χ0v) is 11.9. The number of fused-ring (bicyclic) bond motifs is 1. The number of hydrogen-bond donors (Lipinski definition) is 2. The van der Waals surface area contributed by atoms with Crippen LogP contribution in [-0.4, -0.2) is 36.8 Å². The number of hydrogen-bond acceptors (Lipinski definition) is 3. The van der Waals surface area contributed by atoms with Gasteiger partial charge < -0.3 is 20.3 Å². The van der Waals surface area contributed by atoms with E-state index in [-0.39, 0.29) is 18.6 Å². The summed E-state index contributed by atoms with van der Waals surface area (Å²) >= 11 is 5.42. The van der Waals surface area contributed by atoms with Crippen molar-refractivity contribution in [2.45, 2.75) is 18.9 Å². The summed E-state index contributed by atoms with van der Waals surface area (Å²) in [4.78, 5) is 13.6. The van der Waals surface area contributed by atoms with Crippen LogP contribution >= 0.6 is 12.2 Å². The van der Waals surface area contributed by atoms with Gasteiger partial charge in [0.25, 0.3) is 0 Å². The largest absolute Gasteiger partial charge is 0.376 e. The predicted molar refractivity (Wildman–Crippen MR) is 82.0 cm³/mol. The van der Waals surface area contributed by atoms with Crippen LogP contribution in [0, 0.1) is 0 Å². The molecule has 0 radical (unpaired) electrons. The van der Waals surface area contributed by atoms with Crippen LogP contribution in [0.3, 0.4) is 0 Å². The number of nitrogens with one attached hydrogen (secondary N) is 2. The first-order valence-electron chi connectivity index (χ1n) is 6.80. The van der Waals surface area contributed by atoms with Crippen molar-refractivity contribution in [3.05, 3.63) is 24.3 Å². The molecule has 0 aromatic heterocycles. The fraction of sp³-hybridized carbons (Fsp3) is 0.429. The van der Waals surface area contributed by atoms with Gasteiger partial charge in [-0.25, -0.2) is 0 Å². The smallest absolute Gasteiger partial charge is 0.244 e. The van der Waals surface area contributed by atoms with Crippen molar-refractivity contribution in [3.8, 4) is 0 Å². The molecule has 1 aromatic rings. The average molecular weight is 291 g/mol. The Bertz CT molecular complexity index is 529. The van der Waals surface area contributed by atoms with Crippen LogP contribution in [0.15, 0.2) is 24.3 Å². The molecule has 5 nitrogen and oxygen atoms in total. The number of anilines is 2. The van der Waals surface area contributed by atoms with Gasteiger partial charge in [-0.2, -0.15) is 0 Å². The fourth-order valence-electron chi connectivity index (χ4n) is 2.52. The van der Waals surface area contributed by atoms with Crippen LogP contribution in [0.5, 0.6) is 0 Å². The van der Waals surface area contributed by atoms with Gasteiger partial charge in [-0.1, -0.05) is 12.1 Å². The summed E-state index contributed by atoms with van der Waals surface area (Å²) in [6, 6.07) is 7.66. The summed E-state index contributed by atoms with van der Waals surface area (Å²) < 4.78 is 5.56. The maximum atomic E-state index is 11.7. The van der Waals surface area contributed by atoms with Gasteiger partial charge in [0.15, 0.2) is 5.11 Å². The normalized spacial score (nSPS) is 21.3. The molecule has 1 amide bonds. The molecule has 0 saturated carbocycles. The van der Waals surface area contributed by atoms with Crippen molar-refractivity contribution < 1.29 is 9.53 Å². The fourth-order valence-corrected chi connectivity index (χ4v) is 2.76. The number of carbonyl (C=O) groups is 1. The number of ether oxygens (including phenoxy) is 1. The summed E-state index contributed by atoms with van der Waals surface area (Å²) in [6.45, 7) is 1.77. The monoisotopic (exact) mass is 291 g/mol. The number of nitrogens with zero attached hydrogens (tertiary/aromatic N) is 1.